The first-order valence-electron chi connectivity index (χ1n) is 8.79. The maximum atomic E-state index is 12.7. The number of amides is 1. The van der Waals surface area contributed by atoms with Gasteiger partial charge in [-0.15, -0.1) is 0 Å². The molecule has 2 rings (SSSR count). The fourth-order valence-corrected chi connectivity index (χ4v) is 3.18. The Bertz CT molecular complexity index is 623. The molecular formula is C19H27F3N2O2. The zero-order chi connectivity index (χ0) is 19.7. The van der Waals surface area contributed by atoms with Crippen LogP contribution in [0.15, 0.2) is 24.3 Å². The van der Waals surface area contributed by atoms with Crippen LogP contribution in [0.3, 0.4) is 0 Å². The molecule has 0 N–H and O–H groups in total. The van der Waals surface area contributed by atoms with Gasteiger partial charge >= 0.3 is 12.3 Å². The lowest BCUT2D eigenvalue weighted by Gasteiger charge is -2.43. The molecule has 1 aromatic carbocycles. The van der Waals surface area contributed by atoms with Crippen molar-refractivity contribution in [3.8, 4) is 0 Å². The summed E-state index contributed by atoms with van der Waals surface area (Å²) >= 11 is 0. The quantitative estimate of drug-likeness (QED) is 0.754. The number of benzene rings is 1. The summed E-state index contributed by atoms with van der Waals surface area (Å²) in [4.78, 5) is 16.1. The minimum atomic E-state index is -4.33. The molecule has 2 unspecified atom stereocenters. The number of hydrogen-bond acceptors (Lipinski definition) is 3. The van der Waals surface area contributed by atoms with E-state index < -0.39 is 17.3 Å². The third kappa shape index (κ3) is 5.13. The maximum absolute atomic E-state index is 12.7. The maximum Gasteiger partial charge on any atom is 0.416 e. The first-order valence-corrected chi connectivity index (χ1v) is 8.79. The Labute approximate surface area is 152 Å². The molecule has 1 aliphatic rings. The van der Waals surface area contributed by atoms with Crippen molar-refractivity contribution in [1.82, 2.24) is 9.80 Å². The summed E-state index contributed by atoms with van der Waals surface area (Å²) in [7, 11) is 0. The van der Waals surface area contributed by atoms with Crippen molar-refractivity contribution >= 4 is 6.09 Å². The van der Waals surface area contributed by atoms with Crippen LogP contribution in [0.5, 0.6) is 0 Å². The van der Waals surface area contributed by atoms with E-state index in [1.165, 1.54) is 12.1 Å². The fourth-order valence-electron chi connectivity index (χ4n) is 3.18. The smallest absolute Gasteiger partial charge is 0.416 e. The van der Waals surface area contributed by atoms with Crippen molar-refractivity contribution in [3.05, 3.63) is 35.4 Å². The van der Waals surface area contributed by atoms with E-state index in [1.54, 1.807) is 4.90 Å². The van der Waals surface area contributed by atoms with Gasteiger partial charge in [-0.2, -0.15) is 13.2 Å². The number of carbonyl (C=O) groups excluding carboxylic acids is 1. The van der Waals surface area contributed by atoms with Gasteiger partial charge in [-0.05, 0) is 52.3 Å². The molecule has 0 aromatic heterocycles. The van der Waals surface area contributed by atoms with Crippen LogP contribution in [0.4, 0.5) is 18.0 Å². The van der Waals surface area contributed by atoms with Crippen molar-refractivity contribution in [2.24, 2.45) is 0 Å². The molecule has 1 heterocycles. The van der Waals surface area contributed by atoms with E-state index in [-0.39, 0.29) is 18.2 Å². The van der Waals surface area contributed by atoms with E-state index in [0.717, 1.165) is 17.7 Å². The summed E-state index contributed by atoms with van der Waals surface area (Å²) < 4.78 is 43.6. The average molecular weight is 372 g/mol. The van der Waals surface area contributed by atoms with Gasteiger partial charge in [0.1, 0.15) is 5.60 Å². The number of halogens is 3. The molecule has 146 valence electrons. The predicted octanol–water partition coefficient (Wildman–Crippen LogP) is 4.71. The van der Waals surface area contributed by atoms with Gasteiger partial charge < -0.3 is 9.64 Å². The van der Waals surface area contributed by atoms with Gasteiger partial charge in [0.25, 0.3) is 0 Å². The largest absolute Gasteiger partial charge is 0.444 e. The van der Waals surface area contributed by atoms with E-state index >= 15 is 0 Å². The molecule has 0 aliphatic carbocycles. The first kappa shape index (κ1) is 20.6. The van der Waals surface area contributed by atoms with Crippen LogP contribution in [0.2, 0.25) is 0 Å². The molecule has 0 spiro atoms. The van der Waals surface area contributed by atoms with Gasteiger partial charge in [0.15, 0.2) is 0 Å². The van der Waals surface area contributed by atoms with Crippen LogP contribution < -0.4 is 0 Å². The van der Waals surface area contributed by atoms with E-state index in [2.05, 4.69) is 4.90 Å². The lowest BCUT2D eigenvalue weighted by atomic mass is 10.0. The van der Waals surface area contributed by atoms with Gasteiger partial charge in [0, 0.05) is 31.7 Å². The molecule has 0 radical (unpaired) electrons. The molecule has 7 heteroatoms. The van der Waals surface area contributed by atoms with Gasteiger partial charge in [0.05, 0.1) is 5.56 Å². The lowest BCUT2D eigenvalue weighted by Crippen LogP contribution is -2.54. The second kappa shape index (κ2) is 7.47. The monoisotopic (exact) mass is 372 g/mol. The fraction of sp³-hybridized carbons (Fsp3) is 0.632. The van der Waals surface area contributed by atoms with Crippen LogP contribution in [0.1, 0.15) is 51.8 Å². The third-order valence-corrected chi connectivity index (χ3v) is 4.55. The minimum absolute atomic E-state index is 0.0342. The molecule has 1 amide bonds. The Kier molecular flexibility index (Phi) is 5.90. The van der Waals surface area contributed by atoms with Gasteiger partial charge in [0.2, 0.25) is 0 Å². The van der Waals surface area contributed by atoms with Crippen LogP contribution in [-0.4, -0.2) is 47.2 Å². The zero-order valence-corrected chi connectivity index (χ0v) is 15.9. The highest BCUT2D eigenvalue weighted by Crippen LogP contribution is 2.31. The average Bonchev–Trinajstić information content (AvgIpc) is 2.52. The Morgan fingerprint density at radius 2 is 1.73 bits per heavy atom. The lowest BCUT2D eigenvalue weighted by molar-refractivity contribution is -0.137. The Morgan fingerprint density at radius 3 is 2.19 bits per heavy atom. The first-order chi connectivity index (χ1) is 11.9. The molecule has 2 atom stereocenters. The van der Waals surface area contributed by atoms with Crippen molar-refractivity contribution in [2.75, 3.05) is 19.6 Å². The zero-order valence-electron chi connectivity index (χ0n) is 15.9. The van der Waals surface area contributed by atoms with E-state index in [1.807, 2.05) is 34.6 Å². The number of alkyl halides is 3. The summed E-state index contributed by atoms with van der Waals surface area (Å²) in [6, 6.07) is 5.34. The van der Waals surface area contributed by atoms with E-state index in [9.17, 15) is 18.0 Å². The molecular weight excluding hydrogens is 345 g/mol. The molecule has 0 bridgehead atoms. The Morgan fingerprint density at radius 1 is 1.15 bits per heavy atom. The van der Waals surface area contributed by atoms with Crippen LogP contribution >= 0.6 is 0 Å². The van der Waals surface area contributed by atoms with Crippen molar-refractivity contribution in [3.63, 3.8) is 0 Å². The second-order valence-corrected chi connectivity index (χ2v) is 7.81. The van der Waals surface area contributed by atoms with Gasteiger partial charge in [-0.25, -0.2) is 4.79 Å². The minimum Gasteiger partial charge on any atom is -0.444 e. The number of piperazine rings is 1. The molecule has 1 fully saturated rings. The van der Waals surface area contributed by atoms with Crippen LogP contribution in [-0.2, 0) is 10.9 Å². The third-order valence-electron chi connectivity index (χ3n) is 4.55. The highest BCUT2D eigenvalue weighted by molar-refractivity contribution is 5.68. The van der Waals surface area contributed by atoms with Gasteiger partial charge in [-0.1, -0.05) is 12.1 Å². The molecule has 0 saturated carbocycles. The standard InChI is InChI=1S/C19H27F3N2O2/c1-13-12-23(17(25)26-18(3,4)5)10-11-24(13)14(2)15-6-8-16(9-7-15)19(20,21)22/h6-9,13-14H,10-12H2,1-5H3. The molecule has 4 nitrogen and oxygen atoms in total. The molecule has 1 aromatic rings. The second-order valence-electron chi connectivity index (χ2n) is 7.81. The summed E-state index contributed by atoms with van der Waals surface area (Å²) in [6.07, 6.45) is -4.65. The molecule has 1 saturated heterocycles. The molecule has 26 heavy (non-hydrogen) atoms. The van der Waals surface area contributed by atoms with E-state index in [0.29, 0.717) is 19.6 Å². The predicted molar refractivity (Wildman–Crippen MR) is 93.8 cm³/mol. The highest BCUT2D eigenvalue weighted by atomic mass is 19.4. The Hall–Kier alpha value is -1.76. The van der Waals surface area contributed by atoms with Crippen molar-refractivity contribution in [1.29, 1.82) is 0 Å². The van der Waals surface area contributed by atoms with Crippen LogP contribution in [0.25, 0.3) is 0 Å². The molecule has 1 aliphatic heterocycles. The summed E-state index contributed by atoms with van der Waals surface area (Å²) in [6.45, 7) is 11.2. The van der Waals surface area contributed by atoms with Gasteiger partial charge in [-0.3, -0.25) is 4.90 Å². The summed E-state index contributed by atoms with van der Waals surface area (Å²) in [5, 5.41) is 0. The SMILES string of the molecule is CC1CN(C(=O)OC(C)(C)C)CCN1C(C)c1ccc(C(F)(F)F)cc1. The topological polar surface area (TPSA) is 32.8 Å². The van der Waals surface area contributed by atoms with Crippen molar-refractivity contribution in [2.45, 2.75) is 58.5 Å². The summed E-state index contributed by atoms with van der Waals surface area (Å²) in [5.41, 5.74) is -0.350. The normalized spacial score (nSPS) is 20.8. The number of hydrogen-bond donors (Lipinski definition) is 0. The number of carbonyl (C=O) groups is 1. The van der Waals surface area contributed by atoms with Crippen molar-refractivity contribution < 1.29 is 22.7 Å². The summed E-state index contributed by atoms with van der Waals surface area (Å²) in [5.74, 6) is 0. The number of ether oxygens (including phenoxy) is 1. The highest BCUT2D eigenvalue weighted by Gasteiger charge is 2.33. The number of rotatable bonds is 2. The Balaban J connectivity index is 2.01. The van der Waals surface area contributed by atoms with Crippen LogP contribution in [0, 0.1) is 0 Å². The number of nitrogens with zero attached hydrogens (tertiary/aromatic N) is 2. The van der Waals surface area contributed by atoms with E-state index in [4.69, 9.17) is 4.74 Å².